The highest BCUT2D eigenvalue weighted by molar-refractivity contribution is 7.99. The van der Waals surface area contributed by atoms with Gasteiger partial charge in [-0.25, -0.2) is 4.39 Å². The van der Waals surface area contributed by atoms with Crippen molar-refractivity contribution in [2.24, 2.45) is 0 Å². The molecule has 0 fully saturated rings. The molecule has 4 aromatic rings. The van der Waals surface area contributed by atoms with Gasteiger partial charge in [-0.2, -0.15) is 0 Å². The minimum Gasteiger partial charge on any atom is -0.497 e. The number of carbonyl (C=O) groups excluding carboxylic acids is 1. The summed E-state index contributed by atoms with van der Waals surface area (Å²) in [6.45, 7) is 0.533. The van der Waals surface area contributed by atoms with E-state index < -0.39 is 0 Å². The number of aromatic nitrogens is 3. The largest absolute Gasteiger partial charge is 0.497 e. The van der Waals surface area contributed by atoms with Gasteiger partial charge in [0.05, 0.1) is 12.9 Å². The molecule has 0 bridgehead atoms. The summed E-state index contributed by atoms with van der Waals surface area (Å²) in [5.41, 5.74) is 2.72. The lowest BCUT2D eigenvalue weighted by molar-refractivity contribution is -0.118. The van der Waals surface area contributed by atoms with E-state index in [1.54, 1.807) is 19.2 Å². The first-order valence-electron chi connectivity index (χ1n) is 10.4. The molecule has 0 aliphatic carbocycles. The molecule has 1 aromatic heterocycles. The standard InChI is InChI=1S/C25H23FN4O2S/c1-32-22-13-7-18(8-14-22)15-16-27-23(31)17-33-25-29-28-24(19-5-3-2-4-6-19)30(25)21-11-9-20(26)10-12-21/h2-14H,15-17H2,1H3,(H,27,31). The van der Waals surface area contributed by atoms with Gasteiger partial charge < -0.3 is 10.1 Å². The number of hydrogen-bond acceptors (Lipinski definition) is 5. The molecule has 0 saturated carbocycles. The van der Waals surface area contributed by atoms with Gasteiger partial charge in [-0.3, -0.25) is 9.36 Å². The van der Waals surface area contributed by atoms with Crippen molar-refractivity contribution in [1.29, 1.82) is 0 Å². The van der Waals surface area contributed by atoms with Crippen molar-refractivity contribution in [3.8, 4) is 22.8 Å². The minimum absolute atomic E-state index is 0.0940. The lowest BCUT2D eigenvalue weighted by atomic mass is 10.1. The fraction of sp³-hybridized carbons (Fsp3) is 0.160. The van der Waals surface area contributed by atoms with Crippen molar-refractivity contribution in [1.82, 2.24) is 20.1 Å². The summed E-state index contributed by atoms with van der Waals surface area (Å²) in [5.74, 6) is 1.21. The molecular weight excluding hydrogens is 439 g/mol. The zero-order chi connectivity index (χ0) is 23.0. The second kappa shape index (κ2) is 10.8. The van der Waals surface area contributed by atoms with Crippen LogP contribution in [0.5, 0.6) is 5.75 Å². The van der Waals surface area contributed by atoms with Crippen LogP contribution in [0.4, 0.5) is 4.39 Å². The number of carbonyl (C=O) groups is 1. The van der Waals surface area contributed by atoms with Crippen LogP contribution in [0, 0.1) is 5.82 Å². The van der Waals surface area contributed by atoms with E-state index >= 15 is 0 Å². The van der Waals surface area contributed by atoms with E-state index in [4.69, 9.17) is 4.74 Å². The summed E-state index contributed by atoms with van der Waals surface area (Å²) >= 11 is 1.29. The normalized spacial score (nSPS) is 10.7. The third kappa shape index (κ3) is 5.78. The summed E-state index contributed by atoms with van der Waals surface area (Å²) in [5, 5.41) is 12.1. The monoisotopic (exact) mass is 462 g/mol. The maximum Gasteiger partial charge on any atom is 0.230 e. The van der Waals surface area contributed by atoms with E-state index in [1.807, 2.05) is 59.2 Å². The molecule has 33 heavy (non-hydrogen) atoms. The van der Waals surface area contributed by atoms with Gasteiger partial charge in [0.25, 0.3) is 0 Å². The minimum atomic E-state index is -0.321. The van der Waals surface area contributed by atoms with Gasteiger partial charge in [0.15, 0.2) is 11.0 Å². The molecule has 4 rings (SSSR count). The van der Waals surface area contributed by atoms with E-state index in [1.165, 1.54) is 23.9 Å². The maximum atomic E-state index is 13.5. The van der Waals surface area contributed by atoms with Crippen LogP contribution in [0.3, 0.4) is 0 Å². The van der Waals surface area contributed by atoms with Gasteiger partial charge >= 0.3 is 0 Å². The average Bonchev–Trinajstić information content (AvgIpc) is 3.28. The molecule has 3 aromatic carbocycles. The van der Waals surface area contributed by atoms with Crippen molar-refractivity contribution < 1.29 is 13.9 Å². The number of amides is 1. The number of benzene rings is 3. The topological polar surface area (TPSA) is 69.0 Å². The Labute approximate surface area is 195 Å². The quantitative estimate of drug-likeness (QED) is 0.370. The number of rotatable bonds is 9. The molecule has 8 heteroatoms. The lowest BCUT2D eigenvalue weighted by Crippen LogP contribution is -2.27. The zero-order valence-corrected chi connectivity index (χ0v) is 18.9. The van der Waals surface area contributed by atoms with E-state index in [9.17, 15) is 9.18 Å². The van der Waals surface area contributed by atoms with Gasteiger partial charge in [-0.15, -0.1) is 10.2 Å². The van der Waals surface area contributed by atoms with Crippen molar-refractivity contribution in [3.05, 3.63) is 90.2 Å². The molecule has 6 nitrogen and oxygen atoms in total. The van der Waals surface area contributed by atoms with Crippen molar-refractivity contribution in [2.45, 2.75) is 11.6 Å². The molecule has 0 saturated heterocycles. The Morgan fingerprint density at radius 2 is 1.73 bits per heavy atom. The molecule has 0 radical (unpaired) electrons. The van der Waals surface area contributed by atoms with Crippen LogP contribution in [0.1, 0.15) is 5.56 Å². The lowest BCUT2D eigenvalue weighted by Gasteiger charge is -2.10. The van der Waals surface area contributed by atoms with Crippen molar-refractivity contribution in [3.63, 3.8) is 0 Å². The number of nitrogens with zero attached hydrogens (tertiary/aromatic N) is 3. The van der Waals surface area contributed by atoms with Crippen LogP contribution >= 0.6 is 11.8 Å². The van der Waals surface area contributed by atoms with E-state index in [0.29, 0.717) is 17.5 Å². The molecule has 168 valence electrons. The number of nitrogens with one attached hydrogen (secondary N) is 1. The van der Waals surface area contributed by atoms with E-state index in [0.717, 1.165) is 29.0 Å². The van der Waals surface area contributed by atoms with Crippen LogP contribution in [0.15, 0.2) is 84.0 Å². The Kier molecular flexibility index (Phi) is 7.36. The van der Waals surface area contributed by atoms with E-state index in [-0.39, 0.29) is 17.5 Å². The van der Waals surface area contributed by atoms with E-state index in [2.05, 4.69) is 15.5 Å². The summed E-state index contributed by atoms with van der Waals surface area (Å²) in [6, 6.07) is 23.5. The highest BCUT2D eigenvalue weighted by Crippen LogP contribution is 2.28. The summed E-state index contributed by atoms with van der Waals surface area (Å²) in [4.78, 5) is 12.4. The molecular formula is C25H23FN4O2S. The van der Waals surface area contributed by atoms with Gasteiger partial charge in [0, 0.05) is 17.8 Å². The Bertz CT molecular complexity index is 1200. The molecule has 0 unspecified atom stereocenters. The maximum absolute atomic E-state index is 13.5. The summed E-state index contributed by atoms with van der Waals surface area (Å²) in [7, 11) is 1.63. The van der Waals surface area contributed by atoms with Gasteiger partial charge in [0.1, 0.15) is 11.6 Å². The van der Waals surface area contributed by atoms with Crippen LogP contribution in [0.25, 0.3) is 17.1 Å². The SMILES string of the molecule is COc1ccc(CCNC(=O)CSc2nnc(-c3ccccc3)n2-c2ccc(F)cc2)cc1. The van der Waals surface area contributed by atoms with Gasteiger partial charge in [-0.1, -0.05) is 54.2 Å². The Morgan fingerprint density at radius 3 is 2.42 bits per heavy atom. The van der Waals surface area contributed by atoms with Crippen LogP contribution in [0.2, 0.25) is 0 Å². The smallest absolute Gasteiger partial charge is 0.230 e. The first-order valence-corrected chi connectivity index (χ1v) is 11.4. The van der Waals surface area contributed by atoms with Crippen LogP contribution in [-0.4, -0.2) is 40.1 Å². The zero-order valence-electron chi connectivity index (χ0n) is 18.1. The Morgan fingerprint density at radius 1 is 1.00 bits per heavy atom. The van der Waals surface area contributed by atoms with Gasteiger partial charge in [-0.05, 0) is 48.4 Å². The second-order valence-corrected chi connectivity index (χ2v) is 8.16. The predicted octanol–water partition coefficient (Wildman–Crippen LogP) is 4.53. The van der Waals surface area contributed by atoms with Crippen molar-refractivity contribution in [2.75, 3.05) is 19.4 Å². The predicted molar refractivity (Wildman–Crippen MR) is 127 cm³/mol. The third-order valence-corrected chi connectivity index (χ3v) is 5.91. The fourth-order valence-corrected chi connectivity index (χ4v) is 4.06. The molecule has 0 aliphatic heterocycles. The summed E-state index contributed by atoms with van der Waals surface area (Å²) in [6.07, 6.45) is 0.727. The number of ether oxygens (including phenoxy) is 1. The Balaban J connectivity index is 1.42. The molecule has 0 aliphatic rings. The third-order valence-electron chi connectivity index (χ3n) is 4.98. The molecule has 1 heterocycles. The van der Waals surface area contributed by atoms with Crippen molar-refractivity contribution >= 4 is 17.7 Å². The first-order chi connectivity index (χ1) is 16.1. The number of hydrogen-bond donors (Lipinski definition) is 1. The van der Waals surface area contributed by atoms with Crippen LogP contribution in [-0.2, 0) is 11.2 Å². The number of halogens is 1. The molecule has 0 spiro atoms. The first kappa shape index (κ1) is 22.5. The second-order valence-electron chi connectivity index (χ2n) is 7.22. The molecule has 1 N–H and O–H groups in total. The van der Waals surface area contributed by atoms with Gasteiger partial charge in [0.2, 0.25) is 5.91 Å². The van der Waals surface area contributed by atoms with Crippen LogP contribution < -0.4 is 10.1 Å². The highest BCUT2D eigenvalue weighted by Gasteiger charge is 2.17. The highest BCUT2D eigenvalue weighted by atomic mass is 32.2. The Hall–Kier alpha value is -3.65. The molecule has 1 amide bonds. The number of methoxy groups -OCH3 is 1. The fourth-order valence-electron chi connectivity index (χ4n) is 3.28. The average molecular weight is 463 g/mol. The summed E-state index contributed by atoms with van der Waals surface area (Å²) < 4.78 is 20.5. The number of thioether (sulfide) groups is 1. The molecule has 0 atom stereocenters.